The van der Waals surface area contributed by atoms with Crippen LogP contribution in [-0.2, 0) is 4.79 Å². The van der Waals surface area contributed by atoms with Crippen LogP contribution in [0.25, 0.3) is 6.08 Å². The Labute approximate surface area is 111 Å². The van der Waals surface area contributed by atoms with Crippen molar-refractivity contribution in [2.24, 2.45) is 5.92 Å². The Morgan fingerprint density at radius 2 is 2.28 bits per heavy atom. The lowest BCUT2D eigenvalue weighted by Crippen LogP contribution is -2.57. The largest absolute Gasteiger partial charge is 0.348 e. The van der Waals surface area contributed by atoms with E-state index in [4.69, 9.17) is 0 Å². The van der Waals surface area contributed by atoms with Crippen LogP contribution in [0, 0.1) is 5.92 Å². The van der Waals surface area contributed by atoms with Crippen LogP contribution in [0.3, 0.4) is 0 Å². The Morgan fingerprint density at radius 3 is 2.89 bits per heavy atom. The second-order valence-electron chi connectivity index (χ2n) is 5.14. The first kappa shape index (κ1) is 11.9. The van der Waals surface area contributed by atoms with Crippen molar-refractivity contribution in [2.75, 3.05) is 19.6 Å². The van der Waals surface area contributed by atoms with Crippen molar-refractivity contribution in [2.45, 2.75) is 18.9 Å². The summed E-state index contributed by atoms with van der Waals surface area (Å²) in [7, 11) is 0. The predicted octanol–water partition coefficient (Wildman–Crippen LogP) is 1.97. The molecule has 96 valence electrons. The maximum Gasteiger partial charge on any atom is 0.244 e. The molecule has 0 aromatic carbocycles. The van der Waals surface area contributed by atoms with Gasteiger partial charge < -0.3 is 10.2 Å². The first-order valence-corrected chi connectivity index (χ1v) is 7.49. The summed E-state index contributed by atoms with van der Waals surface area (Å²) >= 11 is 1.65. The highest BCUT2D eigenvalue weighted by atomic mass is 32.1. The molecule has 1 aromatic heterocycles. The fourth-order valence-corrected chi connectivity index (χ4v) is 3.53. The van der Waals surface area contributed by atoms with Gasteiger partial charge in [-0.05, 0) is 60.3 Å². The standard InChI is InChI=1S/C14H18N2OS/c17-14(2-1-11-5-8-18-10-11)15-13-9-16-6-3-12(13)4-7-16/h1-2,5,8,10,12-13H,3-4,6-7,9H2,(H,15,17)/b2-1+/t13-/m0/s1. The van der Waals surface area contributed by atoms with Gasteiger partial charge in [-0.3, -0.25) is 4.79 Å². The average molecular weight is 262 g/mol. The zero-order chi connectivity index (χ0) is 12.4. The van der Waals surface area contributed by atoms with Gasteiger partial charge >= 0.3 is 0 Å². The van der Waals surface area contributed by atoms with Crippen molar-refractivity contribution >= 4 is 23.3 Å². The Kier molecular flexibility index (Phi) is 3.48. The minimum Gasteiger partial charge on any atom is -0.348 e. The molecule has 4 rings (SSSR count). The van der Waals surface area contributed by atoms with E-state index in [2.05, 4.69) is 10.2 Å². The molecule has 3 fully saturated rings. The van der Waals surface area contributed by atoms with Crippen LogP contribution in [0.4, 0.5) is 0 Å². The maximum absolute atomic E-state index is 11.9. The highest BCUT2D eigenvalue weighted by Crippen LogP contribution is 2.27. The Morgan fingerprint density at radius 1 is 1.44 bits per heavy atom. The van der Waals surface area contributed by atoms with Crippen LogP contribution in [0.2, 0.25) is 0 Å². The number of piperidine rings is 3. The highest BCUT2D eigenvalue weighted by Gasteiger charge is 2.34. The average Bonchev–Trinajstić information content (AvgIpc) is 2.91. The summed E-state index contributed by atoms with van der Waals surface area (Å²) < 4.78 is 0. The number of hydrogen-bond acceptors (Lipinski definition) is 3. The van der Waals surface area contributed by atoms with E-state index in [-0.39, 0.29) is 5.91 Å². The monoisotopic (exact) mass is 262 g/mol. The van der Waals surface area contributed by atoms with E-state index in [0.717, 1.165) is 12.1 Å². The number of amides is 1. The van der Waals surface area contributed by atoms with Crippen molar-refractivity contribution < 1.29 is 4.79 Å². The molecule has 1 N–H and O–H groups in total. The van der Waals surface area contributed by atoms with Crippen LogP contribution >= 0.6 is 11.3 Å². The van der Waals surface area contributed by atoms with Gasteiger partial charge in [0.25, 0.3) is 0 Å². The molecular formula is C14H18N2OS. The van der Waals surface area contributed by atoms with Crippen LogP contribution < -0.4 is 5.32 Å². The number of nitrogens with one attached hydrogen (secondary N) is 1. The third-order valence-corrected chi connectivity index (χ3v) is 4.66. The fourth-order valence-electron chi connectivity index (χ4n) is 2.90. The SMILES string of the molecule is O=C(/C=C/c1ccsc1)N[C@H]1CN2CCC1CC2. The second kappa shape index (κ2) is 5.24. The summed E-state index contributed by atoms with van der Waals surface area (Å²) in [5.74, 6) is 0.730. The molecular weight excluding hydrogens is 244 g/mol. The second-order valence-corrected chi connectivity index (χ2v) is 5.92. The molecule has 1 atom stereocenters. The van der Waals surface area contributed by atoms with Crippen molar-refractivity contribution in [3.05, 3.63) is 28.5 Å². The number of thiophene rings is 1. The summed E-state index contributed by atoms with van der Waals surface area (Å²) in [6, 6.07) is 2.37. The smallest absolute Gasteiger partial charge is 0.244 e. The van der Waals surface area contributed by atoms with E-state index in [1.165, 1.54) is 25.9 Å². The summed E-state index contributed by atoms with van der Waals surface area (Å²) in [6.07, 6.45) is 6.01. The van der Waals surface area contributed by atoms with Crippen molar-refractivity contribution in [3.8, 4) is 0 Å². The lowest BCUT2D eigenvalue weighted by Gasteiger charge is -2.44. The fraction of sp³-hybridized carbons (Fsp3) is 0.500. The molecule has 0 aliphatic carbocycles. The molecule has 0 unspecified atom stereocenters. The number of hydrogen-bond donors (Lipinski definition) is 1. The van der Waals surface area contributed by atoms with Crippen LogP contribution in [0.15, 0.2) is 22.9 Å². The number of rotatable bonds is 3. The highest BCUT2D eigenvalue weighted by molar-refractivity contribution is 7.08. The van der Waals surface area contributed by atoms with Gasteiger partial charge in [0.1, 0.15) is 0 Å². The van der Waals surface area contributed by atoms with E-state index in [1.54, 1.807) is 17.4 Å². The summed E-state index contributed by atoms with van der Waals surface area (Å²) in [4.78, 5) is 14.3. The molecule has 1 aromatic rings. The maximum atomic E-state index is 11.9. The van der Waals surface area contributed by atoms with E-state index in [0.29, 0.717) is 12.0 Å². The zero-order valence-electron chi connectivity index (χ0n) is 10.3. The minimum absolute atomic E-state index is 0.0416. The normalized spacial score (nSPS) is 30.8. The van der Waals surface area contributed by atoms with Gasteiger partial charge in [0.2, 0.25) is 5.91 Å². The minimum atomic E-state index is 0.0416. The molecule has 4 heteroatoms. The molecule has 3 saturated heterocycles. The summed E-state index contributed by atoms with van der Waals surface area (Å²) in [5, 5.41) is 7.21. The molecule has 2 bridgehead atoms. The van der Waals surface area contributed by atoms with Crippen molar-refractivity contribution in [1.29, 1.82) is 0 Å². The number of carbonyl (C=O) groups excluding carboxylic acids is 1. The van der Waals surface area contributed by atoms with Gasteiger partial charge in [0, 0.05) is 18.7 Å². The van der Waals surface area contributed by atoms with Crippen molar-refractivity contribution in [3.63, 3.8) is 0 Å². The van der Waals surface area contributed by atoms with Gasteiger partial charge in [-0.25, -0.2) is 0 Å². The lowest BCUT2D eigenvalue weighted by molar-refractivity contribution is -0.118. The van der Waals surface area contributed by atoms with Crippen LogP contribution in [0.1, 0.15) is 18.4 Å². The van der Waals surface area contributed by atoms with E-state index in [1.807, 2.05) is 22.9 Å². The van der Waals surface area contributed by atoms with Crippen LogP contribution in [-0.4, -0.2) is 36.5 Å². The number of fused-ring (bicyclic) bond motifs is 3. The molecule has 3 nitrogen and oxygen atoms in total. The summed E-state index contributed by atoms with van der Waals surface area (Å²) in [6.45, 7) is 3.45. The quantitative estimate of drug-likeness (QED) is 0.845. The Bertz CT molecular complexity index is 433. The first-order valence-electron chi connectivity index (χ1n) is 6.54. The summed E-state index contributed by atoms with van der Waals surface area (Å²) in [5.41, 5.74) is 1.10. The van der Waals surface area contributed by atoms with Gasteiger partial charge in [-0.2, -0.15) is 11.3 Å². The van der Waals surface area contributed by atoms with E-state index in [9.17, 15) is 4.79 Å². The number of nitrogens with zero attached hydrogens (tertiary/aromatic N) is 1. The first-order chi connectivity index (χ1) is 8.81. The van der Waals surface area contributed by atoms with E-state index < -0.39 is 0 Å². The van der Waals surface area contributed by atoms with E-state index >= 15 is 0 Å². The third-order valence-electron chi connectivity index (χ3n) is 3.95. The van der Waals surface area contributed by atoms with Gasteiger partial charge in [-0.15, -0.1) is 0 Å². The van der Waals surface area contributed by atoms with Crippen LogP contribution in [0.5, 0.6) is 0 Å². The third kappa shape index (κ3) is 2.65. The van der Waals surface area contributed by atoms with Gasteiger partial charge in [0.05, 0.1) is 0 Å². The number of carbonyl (C=O) groups is 1. The molecule has 0 spiro atoms. The molecule has 0 radical (unpaired) electrons. The molecule has 3 aliphatic heterocycles. The van der Waals surface area contributed by atoms with Gasteiger partial charge in [-0.1, -0.05) is 0 Å². The Balaban J connectivity index is 1.55. The predicted molar refractivity (Wildman–Crippen MR) is 74.4 cm³/mol. The molecule has 3 aliphatic rings. The Hall–Kier alpha value is -1.13. The van der Waals surface area contributed by atoms with Gasteiger partial charge in [0.15, 0.2) is 0 Å². The topological polar surface area (TPSA) is 32.3 Å². The zero-order valence-corrected chi connectivity index (χ0v) is 11.2. The molecule has 1 amide bonds. The molecule has 4 heterocycles. The lowest BCUT2D eigenvalue weighted by atomic mass is 9.84. The molecule has 18 heavy (non-hydrogen) atoms. The van der Waals surface area contributed by atoms with Crippen molar-refractivity contribution in [1.82, 2.24) is 10.2 Å². The molecule has 0 saturated carbocycles.